The second-order valence-corrected chi connectivity index (χ2v) is 8.62. The Bertz CT molecular complexity index is 794. The van der Waals surface area contributed by atoms with Gasteiger partial charge in [-0.2, -0.15) is 0 Å². The SMILES string of the molecule is CCc1cccc(C)c1C(C[N+]1(C)CCCC1)OCCCc1c(F)cccc1F. The van der Waals surface area contributed by atoms with E-state index in [-0.39, 0.29) is 11.7 Å². The summed E-state index contributed by atoms with van der Waals surface area (Å²) in [5.41, 5.74) is 4.07. The summed E-state index contributed by atoms with van der Waals surface area (Å²) in [4.78, 5) is 0. The number of rotatable bonds is 9. The van der Waals surface area contributed by atoms with E-state index in [1.165, 1.54) is 60.8 Å². The normalized spacial score (nSPS) is 16.9. The number of ether oxygens (including phenoxy) is 1. The van der Waals surface area contributed by atoms with Crippen molar-refractivity contribution in [3.05, 3.63) is 70.3 Å². The van der Waals surface area contributed by atoms with Gasteiger partial charge < -0.3 is 9.22 Å². The molecule has 1 atom stereocenters. The van der Waals surface area contributed by atoms with Crippen molar-refractivity contribution in [2.75, 3.05) is 33.3 Å². The van der Waals surface area contributed by atoms with Crippen LogP contribution in [0, 0.1) is 18.6 Å². The average molecular weight is 403 g/mol. The molecule has 1 heterocycles. The van der Waals surface area contributed by atoms with Gasteiger partial charge in [0.15, 0.2) is 0 Å². The Hall–Kier alpha value is -1.78. The molecule has 1 unspecified atom stereocenters. The second kappa shape index (κ2) is 9.82. The largest absolute Gasteiger partial charge is 0.368 e. The van der Waals surface area contributed by atoms with Gasteiger partial charge in [-0.3, -0.25) is 0 Å². The van der Waals surface area contributed by atoms with Gasteiger partial charge in [-0.1, -0.05) is 31.2 Å². The zero-order chi connectivity index (χ0) is 20.9. The van der Waals surface area contributed by atoms with E-state index in [2.05, 4.69) is 39.1 Å². The Morgan fingerprint density at radius 2 is 1.69 bits per heavy atom. The molecule has 3 rings (SSSR count). The fourth-order valence-corrected chi connectivity index (χ4v) is 4.67. The van der Waals surface area contributed by atoms with Crippen molar-refractivity contribution in [3.63, 3.8) is 0 Å². The zero-order valence-electron chi connectivity index (χ0n) is 18.0. The maximum absolute atomic E-state index is 13.9. The van der Waals surface area contributed by atoms with Crippen molar-refractivity contribution in [3.8, 4) is 0 Å². The molecule has 0 amide bonds. The maximum Gasteiger partial charge on any atom is 0.132 e. The smallest absolute Gasteiger partial charge is 0.132 e. The first-order chi connectivity index (χ1) is 13.9. The van der Waals surface area contributed by atoms with Crippen molar-refractivity contribution in [1.82, 2.24) is 0 Å². The van der Waals surface area contributed by atoms with Crippen molar-refractivity contribution in [2.45, 2.75) is 52.1 Å². The molecule has 0 aliphatic carbocycles. The molecule has 2 aromatic rings. The molecule has 29 heavy (non-hydrogen) atoms. The average Bonchev–Trinajstić information content (AvgIpc) is 3.12. The van der Waals surface area contributed by atoms with E-state index in [4.69, 9.17) is 4.74 Å². The molecular formula is C25H34F2NO+. The highest BCUT2D eigenvalue weighted by molar-refractivity contribution is 5.36. The predicted molar refractivity (Wildman–Crippen MR) is 114 cm³/mol. The lowest BCUT2D eigenvalue weighted by Crippen LogP contribution is -2.44. The molecule has 0 spiro atoms. The number of likely N-dealkylation sites (N-methyl/N-ethyl adjacent to an activating group) is 1. The lowest BCUT2D eigenvalue weighted by atomic mass is 9.94. The molecule has 158 valence electrons. The summed E-state index contributed by atoms with van der Waals surface area (Å²) in [7, 11) is 2.32. The van der Waals surface area contributed by atoms with Gasteiger partial charge in [0.05, 0.1) is 20.1 Å². The van der Waals surface area contributed by atoms with E-state index in [0.717, 1.165) is 17.4 Å². The van der Waals surface area contributed by atoms with Crippen LogP contribution in [0.4, 0.5) is 8.78 Å². The minimum absolute atomic E-state index is 0.0136. The van der Waals surface area contributed by atoms with E-state index >= 15 is 0 Å². The van der Waals surface area contributed by atoms with Crippen molar-refractivity contribution in [1.29, 1.82) is 0 Å². The van der Waals surface area contributed by atoms with Gasteiger partial charge in [0.1, 0.15) is 24.3 Å². The first-order valence-electron chi connectivity index (χ1n) is 10.9. The molecule has 0 N–H and O–H groups in total. The number of likely N-dealkylation sites (tertiary alicyclic amines) is 1. The van der Waals surface area contributed by atoms with E-state index < -0.39 is 11.6 Å². The van der Waals surface area contributed by atoms with Crippen LogP contribution < -0.4 is 0 Å². The first kappa shape index (κ1) is 21.9. The molecule has 0 bridgehead atoms. The lowest BCUT2D eigenvalue weighted by molar-refractivity contribution is -0.901. The second-order valence-electron chi connectivity index (χ2n) is 8.62. The van der Waals surface area contributed by atoms with Crippen LogP contribution in [-0.2, 0) is 17.6 Å². The van der Waals surface area contributed by atoms with Crippen LogP contribution >= 0.6 is 0 Å². The minimum atomic E-state index is -0.469. The molecule has 0 radical (unpaired) electrons. The maximum atomic E-state index is 13.9. The van der Waals surface area contributed by atoms with Gasteiger partial charge in [-0.05, 0) is 55.0 Å². The topological polar surface area (TPSA) is 9.23 Å². The number of benzene rings is 2. The lowest BCUT2D eigenvalue weighted by Gasteiger charge is -2.34. The van der Waals surface area contributed by atoms with Gasteiger partial charge in [0.2, 0.25) is 0 Å². The summed E-state index contributed by atoms with van der Waals surface area (Å²) in [6.07, 6.45) is 4.48. The Labute approximate surface area is 174 Å². The fourth-order valence-electron chi connectivity index (χ4n) is 4.67. The van der Waals surface area contributed by atoms with Crippen LogP contribution in [-0.4, -0.2) is 37.8 Å². The number of hydrogen-bond acceptors (Lipinski definition) is 1. The molecule has 1 saturated heterocycles. The molecule has 2 nitrogen and oxygen atoms in total. The minimum Gasteiger partial charge on any atom is -0.368 e. The summed E-state index contributed by atoms with van der Waals surface area (Å²) in [6.45, 7) is 8.16. The van der Waals surface area contributed by atoms with E-state index in [0.29, 0.717) is 19.4 Å². The fraction of sp³-hybridized carbons (Fsp3) is 0.520. The van der Waals surface area contributed by atoms with Gasteiger partial charge >= 0.3 is 0 Å². The first-order valence-corrected chi connectivity index (χ1v) is 10.9. The van der Waals surface area contributed by atoms with Crippen LogP contribution in [0.15, 0.2) is 36.4 Å². The van der Waals surface area contributed by atoms with E-state index in [1.807, 2.05) is 0 Å². The van der Waals surface area contributed by atoms with Crippen molar-refractivity contribution < 1.29 is 18.0 Å². The van der Waals surface area contributed by atoms with Gasteiger partial charge in [0, 0.05) is 25.0 Å². The molecule has 1 fully saturated rings. The number of halogens is 2. The summed E-state index contributed by atoms with van der Waals surface area (Å²) < 4.78 is 35.2. The monoisotopic (exact) mass is 402 g/mol. The standard InChI is InChI=1S/C25H34F2NO/c1-4-20-11-7-10-19(2)25(20)24(18-28(3)15-5-6-16-28)29-17-9-12-21-22(26)13-8-14-23(21)27/h7-8,10-11,13-14,24H,4-6,9,12,15-18H2,1-3H3/q+1. The van der Waals surface area contributed by atoms with Crippen molar-refractivity contribution in [2.24, 2.45) is 0 Å². The molecule has 2 aromatic carbocycles. The summed E-state index contributed by atoms with van der Waals surface area (Å²) >= 11 is 0. The van der Waals surface area contributed by atoms with Crippen LogP contribution in [0.2, 0.25) is 0 Å². The van der Waals surface area contributed by atoms with Gasteiger partial charge in [0.25, 0.3) is 0 Å². The molecule has 4 heteroatoms. The summed E-state index contributed by atoms with van der Waals surface area (Å²) in [5, 5.41) is 0. The van der Waals surface area contributed by atoms with E-state index in [9.17, 15) is 8.78 Å². The molecular weight excluding hydrogens is 368 g/mol. The quantitative estimate of drug-likeness (QED) is 0.382. The number of quaternary nitrogens is 1. The summed E-state index contributed by atoms with van der Waals surface area (Å²) in [5.74, 6) is -0.937. The van der Waals surface area contributed by atoms with Gasteiger partial charge in [-0.25, -0.2) is 8.78 Å². The van der Waals surface area contributed by atoms with Crippen molar-refractivity contribution >= 4 is 0 Å². The third-order valence-electron chi connectivity index (χ3n) is 6.32. The number of aryl methyl sites for hydroxylation is 2. The van der Waals surface area contributed by atoms with Crippen LogP contribution in [0.25, 0.3) is 0 Å². The van der Waals surface area contributed by atoms with Gasteiger partial charge in [-0.15, -0.1) is 0 Å². The Morgan fingerprint density at radius 3 is 2.34 bits per heavy atom. The molecule has 0 saturated carbocycles. The number of hydrogen-bond donors (Lipinski definition) is 0. The van der Waals surface area contributed by atoms with Crippen LogP contribution in [0.5, 0.6) is 0 Å². The third-order valence-corrected chi connectivity index (χ3v) is 6.32. The number of nitrogens with zero attached hydrogens (tertiary/aromatic N) is 1. The highest BCUT2D eigenvalue weighted by atomic mass is 19.1. The third kappa shape index (κ3) is 5.43. The van der Waals surface area contributed by atoms with E-state index in [1.54, 1.807) is 0 Å². The highest BCUT2D eigenvalue weighted by Crippen LogP contribution is 2.31. The molecule has 1 aliphatic rings. The van der Waals surface area contributed by atoms with Crippen LogP contribution in [0.1, 0.15) is 54.5 Å². The predicted octanol–water partition coefficient (Wildman–Crippen LogP) is 5.77. The highest BCUT2D eigenvalue weighted by Gasteiger charge is 2.32. The summed E-state index contributed by atoms with van der Waals surface area (Å²) in [6, 6.07) is 10.5. The Balaban J connectivity index is 1.72. The molecule has 1 aliphatic heterocycles. The van der Waals surface area contributed by atoms with Crippen LogP contribution in [0.3, 0.4) is 0 Å². The Morgan fingerprint density at radius 1 is 1.03 bits per heavy atom. The molecule has 0 aromatic heterocycles. The zero-order valence-corrected chi connectivity index (χ0v) is 18.0. The Kier molecular flexibility index (Phi) is 7.42.